The Morgan fingerprint density at radius 2 is 1.64 bits per heavy atom. The first-order valence-corrected chi connectivity index (χ1v) is 10.3. The number of carbonyl (C=O) groups excluding carboxylic acids is 3. The Labute approximate surface area is 193 Å². The molecule has 1 heterocycles. The number of ketones is 1. The molecule has 0 radical (unpaired) electrons. The molecule has 1 atom stereocenters. The van der Waals surface area contributed by atoms with E-state index in [-0.39, 0.29) is 22.6 Å². The van der Waals surface area contributed by atoms with Gasteiger partial charge < -0.3 is 10.4 Å². The number of carbonyl (C=O) groups is 3. The summed E-state index contributed by atoms with van der Waals surface area (Å²) >= 11 is 5.92. The smallest absolute Gasteiger partial charge is 0.300 e. The maximum Gasteiger partial charge on any atom is 0.300 e. The zero-order chi connectivity index (χ0) is 23.7. The van der Waals surface area contributed by atoms with E-state index in [2.05, 4.69) is 5.32 Å². The van der Waals surface area contributed by atoms with Crippen LogP contribution in [0.15, 0.2) is 78.4 Å². The first-order valence-electron chi connectivity index (χ1n) is 9.97. The summed E-state index contributed by atoms with van der Waals surface area (Å²) in [6.07, 6.45) is 0. The quantitative estimate of drug-likeness (QED) is 0.321. The van der Waals surface area contributed by atoms with E-state index >= 15 is 0 Å². The van der Waals surface area contributed by atoms with Crippen molar-refractivity contribution >= 4 is 46.3 Å². The lowest BCUT2D eigenvalue weighted by atomic mass is 9.94. The van der Waals surface area contributed by atoms with Crippen molar-refractivity contribution in [2.75, 3.05) is 10.2 Å². The third-order valence-electron chi connectivity index (χ3n) is 5.23. The van der Waals surface area contributed by atoms with Crippen LogP contribution in [-0.4, -0.2) is 22.7 Å². The van der Waals surface area contributed by atoms with Gasteiger partial charge in [0.05, 0.1) is 11.6 Å². The predicted octanol–water partition coefficient (Wildman–Crippen LogP) is 5.06. The molecule has 1 fully saturated rings. The molecule has 1 aliphatic heterocycles. The molecule has 0 aromatic heterocycles. The number of anilines is 2. The molecule has 1 saturated heterocycles. The average Bonchev–Trinajstić information content (AvgIpc) is 3.05. The fourth-order valence-corrected chi connectivity index (χ4v) is 3.89. The highest BCUT2D eigenvalue weighted by atomic mass is 35.5. The molecule has 0 aliphatic carbocycles. The van der Waals surface area contributed by atoms with E-state index in [0.717, 1.165) is 4.90 Å². The van der Waals surface area contributed by atoms with Crippen LogP contribution in [0, 0.1) is 5.82 Å². The summed E-state index contributed by atoms with van der Waals surface area (Å²) in [5, 5.41) is 14.0. The minimum Gasteiger partial charge on any atom is -0.507 e. The summed E-state index contributed by atoms with van der Waals surface area (Å²) < 4.78 is 14.9. The van der Waals surface area contributed by atoms with E-state index in [9.17, 15) is 23.9 Å². The fraction of sp³-hybridized carbons (Fsp3) is 0.0800. The number of rotatable bonds is 4. The lowest BCUT2D eigenvalue weighted by molar-refractivity contribution is -0.132. The van der Waals surface area contributed by atoms with Crippen LogP contribution in [0.5, 0.6) is 0 Å². The van der Waals surface area contributed by atoms with Crippen molar-refractivity contribution in [3.8, 4) is 0 Å². The van der Waals surface area contributed by atoms with Crippen molar-refractivity contribution in [3.05, 3.63) is 100 Å². The van der Waals surface area contributed by atoms with Crippen LogP contribution in [0.25, 0.3) is 5.76 Å². The van der Waals surface area contributed by atoms with Crippen LogP contribution in [-0.2, 0) is 14.4 Å². The number of benzene rings is 3. The highest BCUT2D eigenvalue weighted by molar-refractivity contribution is 6.51. The number of hydrogen-bond acceptors (Lipinski definition) is 4. The number of aliphatic hydroxyl groups is 1. The normalized spacial score (nSPS) is 17.3. The molecule has 0 saturated carbocycles. The van der Waals surface area contributed by atoms with Crippen LogP contribution >= 0.6 is 11.6 Å². The Morgan fingerprint density at radius 3 is 2.24 bits per heavy atom. The van der Waals surface area contributed by atoms with Crippen LogP contribution < -0.4 is 10.2 Å². The summed E-state index contributed by atoms with van der Waals surface area (Å²) in [6.45, 7) is 1.36. The Kier molecular flexibility index (Phi) is 5.98. The molecule has 2 N–H and O–H groups in total. The lowest BCUT2D eigenvalue weighted by Gasteiger charge is -2.26. The Bertz CT molecular complexity index is 1290. The number of halogens is 2. The molecule has 3 aromatic carbocycles. The summed E-state index contributed by atoms with van der Waals surface area (Å²) in [4.78, 5) is 38.6. The van der Waals surface area contributed by atoms with Gasteiger partial charge in [-0.25, -0.2) is 4.39 Å². The summed E-state index contributed by atoms with van der Waals surface area (Å²) in [5.74, 6) is -3.19. The van der Waals surface area contributed by atoms with E-state index < -0.39 is 29.3 Å². The zero-order valence-corrected chi connectivity index (χ0v) is 18.1. The van der Waals surface area contributed by atoms with E-state index in [1.165, 1.54) is 61.5 Å². The monoisotopic (exact) mass is 464 g/mol. The van der Waals surface area contributed by atoms with Gasteiger partial charge in [-0.15, -0.1) is 0 Å². The van der Waals surface area contributed by atoms with Crippen LogP contribution in [0.4, 0.5) is 15.8 Å². The fourth-order valence-electron chi connectivity index (χ4n) is 3.76. The minimum atomic E-state index is -1.20. The minimum absolute atomic E-state index is 0.0538. The second-order valence-electron chi connectivity index (χ2n) is 7.43. The summed E-state index contributed by atoms with van der Waals surface area (Å²) in [6, 6.07) is 16.8. The van der Waals surface area contributed by atoms with E-state index in [1.807, 2.05) is 0 Å². The summed E-state index contributed by atoms with van der Waals surface area (Å²) in [5.41, 5.74) is 0.873. The van der Waals surface area contributed by atoms with Crippen molar-refractivity contribution in [3.63, 3.8) is 0 Å². The van der Waals surface area contributed by atoms with E-state index in [1.54, 1.807) is 18.2 Å². The first kappa shape index (κ1) is 22.2. The molecule has 166 valence electrons. The molecule has 2 amide bonds. The molecular weight excluding hydrogens is 447 g/mol. The topological polar surface area (TPSA) is 86.7 Å². The molecule has 0 spiro atoms. The predicted molar refractivity (Wildman–Crippen MR) is 123 cm³/mol. The Hall–Kier alpha value is -3.97. The second-order valence-corrected chi connectivity index (χ2v) is 7.86. The van der Waals surface area contributed by atoms with Crippen LogP contribution in [0.1, 0.15) is 24.1 Å². The largest absolute Gasteiger partial charge is 0.507 e. The number of nitrogens with zero attached hydrogens (tertiary/aromatic N) is 1. The number of aliphatic hydroxyl groups excluding tert-OH is 1. The van der Waals surface area contributed by atoms with Gasteiger partial charge in [0.1, 0.15) is 11.6 Å². The molecule has 0 bridgehead atoms. The van der Waals surface area contributed by atoms with Crippen molar-refractivity contribution in [2.24, 2.45) is 0 Å². The number of Topliss-reactive ketones (excluding diaryl/α,β-unsaturated/α-hetero) is 1. The van der Waals surface area contributed by atoms with Crippen LogP contribution in [0.3, 0.4) is 0 Å². The number of hydrogen-bond donors (Lipinski definition) is 2. The van der Waals surface area contributed by atoms with Gasteiger partial charge in [0, 0.05) is 34.4 Å². The third-order valence-corrected chi connectivity index (χ3v) is 5.48. The van der Waals surface area contributed by atoms with Gasteiger partial charge in [-0.2, -0.15) is 0 Å². The zero-order valence-electron chi connectivity index (χ0n) is 17.4. The Balaban J connectivity index is 1.89. The molecule has 6 nitrogen and oxygen atoms in total. The van der Waals surface area contributed by atoms with Gasteiger partial charge >= 0.3 is 0 Å². The van der Waals surface area contributed by atoms with Crippen molar-refractivity contribution in [1.82, 2.24) is 0 Å². The molecular formula is C25H18ClFN2O4. The molecule has 1 aliphatic rings. The van der Waals surface area contributed by atoms with Gasteiger partial charge in [-0.1, -0.05) is 29.8 Å². The van der Waals surface area contributed by atoms with Gasteiger partial charge in [-0.3, -0.25) is 19.3 Å². The van der Waals surface area contributed by atoms with Crippen LogP contribution in [0.2, 0.25) is 5.02 Å². The van der Waals surface area contributed by atoms with Crippen molar-refractivity contribution in [1.29, 1.82) is 0 Å². The van der Waals surface area contributed by atoms with E-state index in [0.29, 0.717) is 16.4 Å². The maximum absolute atomic E-state index is 14.9. The van der Waals surface area contributed by atoms with Crippen molar-refractivity contribution in [2.45, 2.75) is 13.0 Å². The standard InChI is InChI=1S/C25H18ClFN2O4/c1-14(30)28-17-10-12-18(13-11-17)29-22(19-4-2-3-5-20(19)27)21(24(32)25(29)33)23(31)15-6-8-16(26)9-7-15/h2-13,22,31H,1H3,(H,28,30). The summed E-state index contributed by atoms with van der Waals surface area (Å²) in [7, 11) is 0. The number of nitrogens with one attached hydrogen (secondary N) is 1. The molecule has 3 aromatic rings. The SMILES string of the molecule is CC(=O)Nc1ccc(N2C(=O)C(=O)C(=C(O)c3ccc(Cl)cc3)C2c2ccccc2F)cc1. The average molecular weight is 465 g/mol. The van der Waals surface area contributed by atoms with E-state index in [4.69, 9.17) is 11.6 Å². The maximum atomic E-state index is 14.9. The van der Waals surface area contributed by atoms with Gasteiger partial charge in [0.25, 0.3) is 11.7 Å². The third kappa shape index (κ3) is 4.23. The van der Waals surface area contributed by atoms with Gasteiger partial charge in [0.2, 0.25) is 5.91 Å². The Morgan fingerprint density at radius 1 is 1.00 bits per heavy atom. The second kappa shape index (κ2) is 8.88. The van der Waals surface area contributed by atoms with Gasteiger partial charge in [0.15, 0.2) is 0 Å². The molecule has 33 heavy (non-hydrogen) atoms. The molecule has 1 unspecified atom stereocenters. The van der Waals surface area contributed by atoms with Crippen molar-refractivity contribution < 1.29 is 23.9 Å². The molecule has 8 heteroatoms. The molecule has 4 rings (SSSR count). The first-order chi connectivity index (χ1) is 15.8. The highest BCUT2D eigenvalue weighted by Gasteiger charge is 2.47. The lowest BCUT2D eigenvalue weighted by Crippen LogP contribution is -2.29. The highest BCUT2D eigenvalue weighted by Crippen LogP contribution is 2.43. The number of amides is 2. The van der Waals surface area contributed by atoms with Gasteiger partial charge in [-0.05, 0) is 54.6 Å².